The van der Waals surface area contributed by atoms with Gasteiger partial charge in [-0.05, 0) is 0 Å². The number of rotatable bonds is 7. The van der Waals surface area contributed by atoms with Gasteiger partial charge in [0.1, 0.15) is 5.92 Å². The molecule has 1 unspecified atom stereocenters. The zero-order chi connectivity index (χ0) is 16.0. The minimum absolute atomic E-state index is 0.204. The summed E-state index contributed by atoms with van der Waals surface area (Å²) in [6.45, 7) is 0. The van der Waals surface area contributed by atoms with Crippen LogP contribution < -0.4 is 0 Å². The molecule has 0 aromatic heterocycles. The van der Waals surface area contributed by atoms with E-state index in [2.05, 4.69) is 4.74 Å². The van der Waals surface area contributed by atoms with Crippen molar-refractivity contribution in [2.45, 2.75) is 18.8 Å². The molecule has 0 aliphatic rings. The molecule has 112 valence electrons. The molecule has 0 fully saturated rings. The van der Waals surface area contributed by atoms with Crippen molar-refractivity contribution in [3.8, 4) is 0 Å². The first-order valence-corrected chi connectivity index (χ1v) is 5.94. The van der Waals surface area contributed by atoms with Crippen LogP contribution in [0.2, 0.25) is 0 Å². The van der Waals surface area contributed by atoms with Crippen LogP contribution in [0.15, 0.2) is 24.3 Å². The quantitative estimate of drug-likeness (QED) is 0.348. The highest BCUT2D eigenvalue weighted by Crippen LogP contribution is 2.28. The number of nitro benzene ring substituents is 1. The first-order chi connectivity index (χ1) is 9.88. The Labute approximate surface area is 119 Å². The number of hydrogen-bond acceptors (Lipinski definition) is 6. The van der Waals surface area contributed by atoms with Crippen LogP contribution in [0, 0.1) is 10.1 Å². The van der Waals surface area contributed by atoms with Crippen LogP contribution in [-0.4, -0.2) is 34.9 Å². The van der Waals surface area contributed by atoms with Gasteiger partial charge in [0.2, 0.25) is 0 Å². The number of para-hydroxylation sites is 1. The van der Waals surface area contributed by atoms with Gasteiger partial charge in [-0.1, -0.05) is 18.2 Å². The predicted octanol–water partition coefficient (Wildman–Crippen LogP) is 1.29. The van der Waals surface area contributed by atoms with Crippen LogP contribution in [0.3, 0.4) is 0 Å². The molecule has 8 nitrogen and oxygen atoms in total. The van der Waals surface area contributed by atoms with Crippen molar-refractivity contribution in [3.05, 3.63) is 39.9 Å². The van der Waals surface area contributed by atoms with Gasteiger partial charge in [0.25, 0.3) is 5.69 Å². The molecule has 0 radical (unpaired) electrons. The average molecular weight is 295 g/mol. The van der Waals surface area contributed by atoms with Gasteiger partial charge >= 0.3 is 11.9 Å². The number of nitrogens with zero attached hydrogens (tertiary/aromatic N) is 1. The number of Topliss-reactive ketones (excluding diaryl/α,β-unsaturated/α-hetero) is 1. The van der Waals surface area contributed by atoms with E-state index in [4.69, 9.17) is 5.11 Å². The Kier molecular flexibility index (Phi) is 5.53. The first-order valence-electron chi connectivity index (χ1n) is 5.94. The highest BCUT2D eigenvalue weighted by Gasteiger charge is 2.33. The fourth-order valence-electron chi connectivity index (χ4n) is 1.81. The number of nitro groups is 1. The van der Waals surface area contributed by atoms with Gasteiger partial charge in [0.05, 0.1) is 24.0 Å². The lowest BCUT2D eigenvalue weighted by Crippen LogP contribution is -2.23. The van der Waals surface area contributed by atoms with Crippen molar-refractivity contribution in [3.63, 3.8) is 0 Å². The predicted molar refractivity (Wildman–Crippen MR) is 69.7 cm³/mol. The van der Waals surface area contributed by atoms with E-state index < -0.39 is 34.3 Å². The van der Waals surface area contributed by atoms with E-state index in [-0.39, 0.29) is 18.4 Å². The van der Waals surface area contributed by atoms with Crippen LogP contribution in [0.4, 0.5) is 5.69 Å². The summed E-state index contributed by atoms with van der Waals surface area (Å²) in [5.74, 6) is -4.63. The number of carbonyl (C=O) groups excluding carboxylic acids is 2. The largest absolute Gasteiger partial charge is 0.480 e. The van der Waals surface area contributed by atoms with Crippen molar-refractivity contribution in [1.82, 2.24) is 0 Å². The lowest BCUT2D eigenvalue weighted by molar-refractivity contribution is -0.385. The highest BCUT2D eigenvalue weighted by atomic mass is 16.6. The van der Waals surface area contributed by atoms with E-state index in [9.17, 15) is 24.5 Å². The number of carboxylic acids is 1. The van der Waals surface area contributed by atoms with Crippen molar-refractivity contribution in [1.29, 1.82) is 0 Å². The third-order valence-electron chi connectivity index (χ3n) is 2.82. The number of aliphatic carboxylic acids is 1. The number of ketones is 1. The normalized spacial score (nSPS) is 11.5. The zero-order valence-electron chi connectivity index (χ0n) is 11.1. The van der Waals surface area contributed by atoms with Crippen molar-refractivity contribution < 1.29 is 29.2 Å². The lowest BCUT2D eigenvalue weighted by Gasteiger charge is -2.11. The summed E-state index contributed by atoms with van der Waals surface area (Å²) in [5.41, 5.74) is -0.652. The third kappa shape index (κ3) is 4.10. The fraction of sp³-hybridized carbons (Fsp3) is 0.308. The SMILES string of the molecule is COC(=O)CCC(=O)C(C(=O)O)c1ccccc1[N+](=O)[O-]. The van der Waals surface area contributed by atoms with Gasteiger partial charge < -0.3 is 9.84 Å². The Hall–Kier alpha value is -2.77. The highest BCUT2D eigenvalue weighted by molar-refractivity contribution is 6.05. The molecule has 1 atom stereocenters. The summed E-state index contributed by atoms with van der Waals surface area (Å²) < 4.78 is 4.36. The van der Waals surface area contributed by atoms with Gasteiger partial charge in [-0.25, -0.2) is 0 Å². The minimum atomic E-state index is -1.68. The van der Waals surface area contributed by atoms with E-state index in [0.29, 0.717) is 0 Å². The van der Waals surface area contributed by atoms with Crippen LogP contribution in [0.1, 0.15) is 24.3 Å². The van der Waals surface area contributed by atoms with Crippen molar-refractivity contribution >= 4 is 23.4 Å². The molecule has 0 heterocycles. The summed E-state index contributed by atoms with van der Waals surface area (Å²) in [6.07, 6.45) is -0.643. The summed E-state index contributed by atoms with van der Waals surface area (Å²) >= 11 is 0. The molecule has 0 saturated carbocycles. The monoisotopic (exact) mass is 295 g/mol. The molecule has 1 N–H and O–H groups in total. The Morgan fingerprint density at radius 2 is 1.90 bits per heavy atom. The van der Waals surface area contributed by atoms with Crippen LogP contribution in [0.5, 0.6) is 0 Å². The fourth-order valence-corrected chi connectivity index (χ4v) is 1.81. The van der Waals surface area contributed by atoms with Crippen LogP contribution in [0.25, 0.3) is 0 Å². The standard InChI is InChI=1S/C13H13NO7/c1-21-11(16)7-6-10(15)12(13(17)18)8-4-2-3-5-9(8)14(19)20/h2-5,12H,6-7H2,1H3,(H,17,18). The second kappa shape index (κ2) is 7.13. The van der Waals surface area contributed by atoms with Crippen LogP contribution in [-0.2, 0) is 19.1 Å². The zero-order valence-corrected chi connectivity index (χ0v) is 11.1. The topological polar surface area (TPSA) is 124 Å². The van der Waals surface area contributed by atoms with Gasteiger partial charge in [-0.15, -0.1) is 0 Å². The van der Waals surface area contributed by atoms with Crippen molar-refractivity contribution in [2.24, 2.45) is 0 Å². The lowest BCUT2D eigenvalue weighted by atomic mass is 9.91. The first kappa shape index (κ1) is 16.3. The molecule has 0 bridgehead atoms. The minimum Gasteiger partial charge on any atom is -0.480 e. The number of carbonyl (C=O) groups is 3. The molecule has 0 aliphatic heterocycles. The van der Waals surface area contributed by atoms with Crippen LogP contribution >= 0.6 is 0 Å². The number of ether oxygens (including phenoxy) is 1. The number of methoxy groups -OCH3 is 1. The number of hydrogen-bond donors (Lipinski definition) is 1. The maximum atomic E-state index is 12.0. The Morgan fingerprint density at radius 1 is 1.29 bits per heavy atom. The summed E-state index contributed by atoms with van der Waals surface area (Å²) in [7, 11) is 1.14. The molecular formula is C13H13NO7. The molecule has 0 aliphatic carbocycles. The summed E-state index contributed by atoms with van der Waals surface area (Å²) in [6, 6.07) is 5.12. The van der Waals surface area contributed by atoms with E-state index in [0.717, 1.165) is 13.2 Å². The second-order valence-corrected chi connectivity index (χ2v) is 4.13. The van der Waals surface area contributed by atoms with Gasteiger partial charge in [0.15, 0.2) is 5.78 Å². The molecule has 1 aromatic carbocycles. The Morgan fingerprint density at radius 3 is 2.43 bits per heavy atom. The molecule has 1 rings (SSSR count). The van der Waals surface area contributed by atoms with E-state index in [1.807, 2.05) is 0 Å². The third-order valence-corrected chi connectivity index (χ3v) is 2.82. The number of carboxylic acid groups (broad SMARTS) is 1. The van der Waals surface area contributed by atoms with E-state index in [1.54, 1.807) is 0 Å². The maximum absolute atomic E-state index is 12.0. The number of esters is 1. The molecular weight excluding hydrogens is 282 g/mol. The molecule has 1 aromatic rings. The molecule has 0 amide bonds. The van der Waals surface area contributed by atoms with Gasteiger partial charge in [0, 0.05) is 12.5 Å². The second-order valence-electron chi connectivity index (χ2n) is 4.13. The molecule has 8 heteroatoms. The Balaban J connectivity index is 3.08. The summed E-state index contributed by atoms with van der Waals surface area (Å²) in [5, 5.41) is 20.1. The van der Waals surface area contributed by atoms with Crippen molar-refractivity contribution in [2.75, 3.05) is 7.11 Å². The number of benzene rings is 1. The molecule has 0 spiro atoms. The molecule has 21 heavy (non-hydrogen) atoms. The van der Waals surface area contributed by atoms with Gasteiger partial charge in [-0.3, -0.25) is 24.5 Å². The summed E-state index contributed by atoms with van der Waals surface area (Å²) in [4.78, 5) is 44.4. The molecule has 0 saturated heterocycles. The van der Waals surface area contributed by atoms with Gasteiger partial charge in [-0.2, -0.15) is 0 Å². The van der Waals surface area contributed by atoms with E-state index in [1.165, 1.54) is 18.2 Å². The smallest absolute Gasteiger partial charge is 0.318 e. The Bertz CT molecular complexity index is 582. The van der Waals surface area contributed by atoms with E-state index >= 15 is 0 Å². The maximum Gasteiger partial charge on any atom is 0.318 e. The average Bonchev–Trinajstić information content (AvgIpc) is 2.44.